The molecule has 154 valence electrons. The number of aromatic nitrogens is 1. The number of likely N-dealkylation sites (tertiary alicyclic amines) is 1. The van der Waals surface area contributed by atoms with Crippen LogP contribution in [0.4, 0.5) is 10.5 Å². The maximum absolute atomic E-state index is 12.2. The van der Waals surface area contributed by atoms with Crippen molar-refractivity contribution in [3.8, 4) is 11.5 Å². The summed E-state index contributed by atoms with van der Waals surface area (Å²) in [6.45, 7) is 2.67. The fourth-order valence-corrected chi connectivity index (χ4v) is 3.62. The highest BCUT2D eigenvalue weighted by atomic mass is 16.5. The zero-order valence-corrected chi connectivity index (χ0v) is 16.8. The van der Waals surface area contributed by atoms with Gasteiger partial charge in [0.05, 0.1) is 6.20 Å². The topological polar surface area (TPSA) is 66.5 Å². The molecule has 0 aliphatic carbocycles. The van der Waals surface area contributed by atoms with Crippen molar-refractivity contribution in [1.82, 2.24) is 15.2 Å². The van der Waals surface area contributed by atoms with Gasteiger partial charge in [0.1, 0.15) is 11.5 Å². The number of piperidine rings is 1. The van der Waals surface area contributed by atoms with Crippen LogP contribution in [0.2, 0.25) is 0 Å². The van der Waals surface area contributed by atoms with Gasteiger partial charge in [-0.15, -0.1) is 0 Å². The molecule has 0 bridgehead atoms. The van der Waals surface area contributed by atoms with E-state index in [1.807, 2.05) is 60.7 Å². The number of ether oxygens (including phenoxy) is 1. The van der Waals surface area contributed by atoms with Crippen LogP contribution in [0.25, 0.3) is 0 Å². The van der Waals surface area contributed by atoms with Crippen LogP contribution in [0.15, 0.2) is 79.1 Å². The summed E-state index contributed by atoms with van der Waals surface area (Å²) in [5.74, 6) is 1.59. The molecule has 1 aromatic heterocycles. The highest BCUT2D eigenvalue weighted by Crippen LogP contribution is 2.26. The quantitative estimate of drug-likeness (QED) is 0.629. The summed E-state index contributed by atoms with van der Waals surface area (Å²) in [6.07, 6.45) is 5.30. The lowest BCUT2D eigenvalue weighted by Crippen LogP contribution is -2.45. The SMILES string of the molecule is O=C(Nc1ccccc1)NC1CCN(Cc2ccccc2Oc2cccnc2)CC1. The Morgan fingerprint density at radius 1 is 1.00 bits per heavy atom. The summed E-state index contributed by atoms with van der Waals surface area (Å²) in [4.78, 5) is 18.7. The number of nitrogens with one attached hydrogen (secondary N) is 2. The molecule has 2 amide bonds. The van der Waals surface area contributed by atoms with Gasteiger partial charge >= 0.3 is 6.03 Å². The molecule has 6 heteroatoms. The molecular formula is C24H26N4O2. The van der Waals surface area contributed by atoms with Crippen molar-refractivity contribution in [3.63, 3.8) is 0 Å². The molecule has 0 spiro atoms. The van der Waals surface area contributed by atoms with E-state index >= 15 is 0 Å². The summed E-state index contributed by atoms with van der Waals surface area (Å²) in [7, 11) is 0. The average Bonchev–Trinajstić information content (AvgIpc) is 2.78. The highest BCUT2D eigenvalue weighted by molar-refractivity contribution is 5.89. The van der Waals surface area contributed by atoms with Crippen LogP contribution < -0.4 is 15.4 Å². The van der Waals surface area contributed by atoms with E-state index in [2.05, 4.69) is 26.6 Å². The van der Waals surface area contributed by atoms with Gasteiger partial charge in [0, 0.05) is 43.1 Å². The molecule has 30 heavy (non-hydrogen) atoms. The van der Waals surface area contributed by atoms with E-state index in [9.17, 15) is 4.79 Å². The van der Waals surface area contributed by atoms with Crippen molar-refractivity contribution in [1.29, 1.82) is 0 Å². The van der Waals surface area contributed by atoms with Gasteiger partial charge in [0.15, 0.2) is 0 Å². The number of nitrogens with zero attached hydrogens (tertiary/aromatic N) is 2. The third kappa shape index (κ3) is 5.58. The molecule has 1 saturated heterocycles. The maximum Gasteiger partial charge on any atom is 0.319 e. The molecule has 0 unspecified atom stereocenters. The number of benzene rings is 2. The van der Waals surface area contributed by atoms with E-state index in [-0.39, 0.29) is 12.1 Å². The number of hydrogen-bond acceptors (Lipinski definition) is 4. The van der Waals surface area contributed by atoms with Crippen LogP contribution in [0.1, 0.15) is 18.4 Å². The molecule has 0 radical (unpaired) electrons. The van der Waals surface area contributed by atoms with Gasteiger partial charge < -0.3 is 15.4 Å². The number of anilines is 1. The number of pyridine rings is 1. The first-order valence-electron chi connectivity index (χ1n) is 10.3. The summed E-state index contributed by atoms with van der Waals surface area (Å²) >= 11 is 0. The summed E-state index contributed by atoms with van der Waals surface area (Å²) < 4.78 is 6.03. The minimum absolute atomic E-state index is 0.144. The molecule has 4 rings (SSSR count). The van der Waals surface area contributed by atoms with Crippen LogP contribution in [0.3, 0.4) is 0 Å². The van der Waals surface area contributed by atoms with E-state index in [1.54, 1.807) is 12.4 Å². The predicted octanol–water partition coefficient (Wildman–Crippen LogP) is 4.66. The molecule has 3 aromatic rings. The van der Waals surface area contributed by atoms with E-state index in [0.717, 1.165) is 55.2 Å². The largest absolute Gasteiger partial charge is 0.455 e. The van der Waals surface area contributed by atoms with Crippen LogP contribution in [0.5, 0.6) is 11.5 Å². The number of carbonyl (C=O) groups excluding carboxylic acids is 1. The Bertz CT molecular complexity index is 942. The molecule has 1 aliphatic heterocycles. The van der Waals surface area contributed by atoms with Crippen molar-refractivity contribution in [2.45, 2.75) is 25.4 Å². The van der Waals surface area contributed by atoms with Gasteiger partial charge in [-0.3, -0.25) is 9.88 Å². The Labute approximate surface area is 176 Å². The Morgan fingerprint density at radius 2 is 1.77 bits per heavy atom. The van der Waals surface area contributed by atoms with Gasteiger partial charge in [-0.25, -0.2) is 4.79 Å². The predicted molar refractivity (Wildman–Crippen MR) is 118 cm³/mol. The standard InChI is InChI=1S/C24H26N4O2/c29-24(26-20-8-2-1-3-9-20)27-21-12-15-28(16-13-21)18-19-7-4-5-11-23(19)30-22-10-6-14-25-17-22/h1-11,14,17,21H,12-13,15-16,18H2,(H2,26,27,29). The molecule has 2 aromatic carbocycles. The van der Waals surface area contributed by atoms with Crippen LogP contribution in [0, 0.1) is 0 Å². The first-order valence-corrected chi connectivity index (χ1v) is 10.3. The number of carbonyl (C=O) groups is 1. The van der Waals surface area contributed by atoms with Crippen molar-refractivity contribution >= 4 is 11.7 Å². The summed E-state index contributed by atoms with van der Waals surface area (Å²) in [6, 6.07) is 21.4. The Balaban J connectivity index is 1.27. The first kappa shape index (κ1) is 19.9. The third-order valence-electron chi connectivity index (χ3n) is 5.18. The number of para-hydroxylation sites is 2. The fraction of sp³-hybridized carbons (Fsp3) is 0.250. The second-order valence-corrected chi connectivity index (χ2v) is 7.41. The van der Waals surface area contributed by atoms with E-state index in [0.29, 0.717) is 0 Å². The second kappa shape index (κ2) is 9.89. The zero-order valence-electron chi connectivity index (χ0n) is 16.8. The smallest absolute Gasteiger partial charge is 0.319 e. The van der Waals surface area contributed by atoms with Crippen LogP contribution in [-0.2, 0) is 6.54 Å². The summed E-state index contributed by atoms with van der Waals surface area (Å²) in [5, 5.41) is 5.97. The van der Waals surface area contributed by atoms with Gasteiger partial charge in [0.25, 0.3) is 0 Å². The van der Waals surface area contributed by atoms with Gasteiger partial charge in [0.2, 0.25) is 0 Å². The van der Waals surface area contributed by atoms with Crippen molar-refractivity contribution in [3.05, 3.63) is 84.7 Å². The minimum Gasteiger partial charge on any atom is -0.455 e. The van der Waals surface area contributed by atoms with Crippen molar-refractivity contribution in [2.24, 2.45) is 0 Å². The lowest BCUT2D eigenvalue weighted by Gasteiger charge is -2.32. The summed E-state index contributed by atoms with van der Waals surface area (Å²) in [5.41, 5.74) is 1.95. The molecule has 2 N–H and O–H groups in total. The lowest BCUT2D eigenvalue weighted by molar-refractivity contribution is 0.188. The second-order valence-electron chi connectivity index (χ2n) is 7.41. The normalized spacial score (nSPS) is 14.8. The number of hydrogen-bond donors (Lipinski definition) is 2. The average molecular weight is 402 g/mol. The van der Waals surface area contributed by atoms with E-state index in [1.165, 1.54) is 0 Å². The molecule has 1 aliphatic rings. The van der Waals surface area contributed by atoms with Gasteiger partial charge in [-0.05, 0) is 43.2 Å². The Morgan fingerprint density at radius 3 is 2.53 bits per heavy atom. The molecular weight excluding hydrogens is 376 g/mol. The van der Waals surface area contributed by atoms with E-state index < -0.39 is 0 Å². The molecule has 0 saturated carbocycles. The fourth-order valence-electron chi connectivity index (χ4n) is 3.62. The van der Waals surface area contributed by atoms with Crippen LogP contribution in [-0.4, -0.2) is 35.0 Å². The Hall–Kier alpha value is -3.38. The first-order chi connectivity index (χ1) is 14.8. The number of urea groups is 1. The molecule has 1 fully saturated rings. The number of rotatable bonds is 6. The van der Waals surface area contributed by atoms with Crippen molar-refractivity contribution < 1.29 is 9.53 Å². The lowest BCUT2D eigenvalue weighted by atomic mass is 10.0. The molecule has 2 heterocycles. The van der Waals surface area contributed by atoms with Crippen molar-refractivity contribution in [2.75, 3.05) is 18.4 Å². The highest BCUT2D eigenvalue weighted by Gasteiger charge is 2.21. The molecule has 0 atom stereocenters. The third-order valence-corrected chi connectivity index (χ3v) is 5.18. The maximum atomic E-state index is 12.2. The van der Waals surface area contributed by atoms with Crippen LogP contribution >= 0.6 is 0 Å². The number of amides is 2. The zero-order chi connectivity index (χ0) is 20.6. The van der Waals surface area contributed by atoms with Gasteiger partial charge in [-0.1, -0.05) is 36.4 Å². The monoisotopic (exact) mass is 402 g/mol. The van der Waals surface area contributed by atoms with Gasteiger partial charge in [-0.2, -0.15) is 0 Å². The van der Waals surface area contributed by atoms with E-state index in [4.69, 9.17) is 4.74 Å². The Kier molecular flexibility index (Phi) is 6.57. The minimum atomic E-state index is -0.144. The molecule has 6 nitrogen and oxygen atoms in total.